The summed E-state index contributed by atoms with van der Waals surface area (Å²) in [7, 11) is 0. The highest BCUT2D eigenvalue weighted by Gasteiger charge is 2.33. The zero-order valence-corrected chi connectivity index (χ0v) is 11.4. The maximum absolute atomic E-state index is 6.08. The highest BCUT2D eigenvalue weighted by atomic mass is 35.5. The largest absolute Gasteiger partial charge is 0.312 e. The number of rotatable bonds is 5. The molecule has 0 amide bonds. The van der Waals surface area contributed by atoms with Crippen molar-refractivity contribution in [3.05, 3.63) is 29.0 Å². The third kappa shape index (κ3) is 3.02. The number of nitrogens with zero attached hydrogens (tertiary/aromatic N) is 2. The molecule has 1 aromatic heterocycles. The van der Waals surface area contributed by atoms with Gasteiger partial charge in [-0.25, -0.2) is 0 Å². The molecule has 0 aromatic carbocycles. The van der Waals surface area contributed by atoms with Crippen LogP contribution < -0.4 is 5.32 Å². The molecule has 0 bridgehead atoms. The summed E-state index contributed by atoms with van der Waals surface area (Å²) in [4.78, 5) is 6.66. The first kappa shape index (κ1) is 12.4. The molecule has 3 nitrogen and oxygen atoms in total. The highest BCUT2D eigenvalue weighted by molar-refractivity contribution is 6.31. The van der Waals surface area contributed by atoms with Crippen molar-refractivity contribution in [1.82, 2.24) is 15.2 Å². The SMILES string of the molecule is Clc1cnccc1CNCC1CCN(C2CC2)C1. The van der Waals surface area contributed by atoms with E-state index in [2.05, 4.69) is 15.2 Å². The van der Waals surface area contributed by atoms with Crippen LogP contribution in [0.25, 0.3) is 0 Å². The summed E-state index contributed by atoms with van der Waals surface area (Å²) in [6.45, 7) is 4.53. The molecule has 1 aliphatic carbocycles. The van der Waals surface area contributed by atoms with Crippen molar-refractivity contribution in [2.24, 2.45) is 5.92 Å². The van der Waals surface area contributed by atoms with Crippen molar-refractivity contribution >= 4 is 11.6 Å². The maximum Gasteiger partial charge on any atom is 0.0634 e. The zero-order valence-electron chi connectivity index (χ0n) is 10.6. The molecule has 98 valence electrons. The maximum atomic E-state index is 6.08. The summed E-state index contributed by atoms with van der Waals surface area (Å²) >= 11 is 6.08. The second-order valence-electron chi connectivity index (χ2n) is 5.48. The fourth-order valence-corrected chi connectivity index (χ4v) is 2.95. The smallest absolute Gasteiger partial charge is 0.0634 e. The van der Waals surface area contributed by atoms with Crippen molar-refractivity contribution in [3.8, 4) is 0 Å². The number of hydrogen-bond acceptors (Lipinski definition) is 3. The van der Waals surface area contributed by atoms with Crippen LogP contribution >= 0.6 is 11.6 Å². The molecule has 1 atom stereocenters. The van der Waals surface area contributed by atoms with Gasteiger partial charge in [0.05, 0.1) is 5.02 Å². The molecule has 1 saturated heterocycles. The summed E-state index contributed by atoms with van der Waals surface area (Å²) in [5.41, 5.74) is 1.14. The van der Waals surface area contributed by atoms with Crippen LogP contribution in [0.4, 0.5) is 0 Å². The molecule has 4 heteroatoms. The number of pyridine rings is 1. The molecule has 1 saturated carbocycles. The normalized spacial score (nSPS) is 24.6. The van der Waals surface area contributed by atoms with Gasteiger partial charge in [-0.05, 0) is 49.9 Å². The fourth-order valence-electron chi connectivity index (χ4n) is 2.76. The van der Waals surface area contributed by atoms with Crippen LogP contribution in [0.3, 0.4) is 0 Å². The van der Waals surface area contributed by atoms with Crippen molar-refractivity contribution in [2.75, 3.05) is 19.6 Å². The summed E-state index contributed by atoms with van der Waals surface area (Å²) in [6, 6.07) is 2.91. The van der Waals surface area contributed by atoms with Gasteiger partial charge >= 0.3 is 0 Å². The van der Waals surface area contributed by atoms with Crippen molar-refractivity contribution < 1.29 is 0 Å². The first-order valence-electron chi connectivity index (χ1n) is 6.86. The molecule has 0 radical (unpaired) electrons. The predicted molar refractivity (Wildman–Crippen MR) is 73.7 cm³/mol. The first-order valence-corrected chi connectivity index (χ1v) is 7.24. The molecule has 2 aliphatic rings. The van der Waals surface area contributed by atoms with E-state index in [0.717, 1.165) is 35.6 Å². The average molecular weight is 266 g/mol. The van der Waals surface area contributed by atoms with E-state index < -0.39 is 0 Å². The Morgan fingerprint density at radius 3 is 3.06 bits per heavy atom. The molecule has 3 rings (SSSR count). The number of halogens is 1. The standard InChI is InChI=1S/C14H20ClN3/c15-14-9-16-5-3-12(14)8-17-7-11-4-6-18(10-11)13-1-2-13/h3,5,9,11,13,17H,1-2,4,6-8,10H2. The first-order chi connectivity index (χ1) is 8.83. The van der Waals surface area contributed by atoms with E-state index in [-0.39, 0.29) is 0 Å². The van der Waals surface area contributed by atoms with Crippen LogP contribution in [-0.4, -0.2) is 35.6 Å². The minimum atomic E-state index is 0.760. The summed E-state index contributed by atoms with van der Waals surface area (Å²) in [5, 5.41) is 4.29. The number of likely N-dealkylation sites (tertiary alicyclic amines) is 1. The fraction of sp³-hybridized carbons (Fsp3) is 0.643. The summed E-state index contributed by atoms with van der Waals surface area (Å²) in [6.07, 6.45) is 7.70. The zero-order chi connectivity index (χ0) is 12.4. The number of nitrogens with one attached hydrogen (secondary N) is 1. The van der Waals surface area contributed by atoms with Gasteiger partial charge < -0.3 is 10.2 Å². The Kier molecular flexibility index (Phi) is 3.83. The van der Waals surface area contributed by atoms with Crippen LogP contribution in [0.15, 0.2) is 18.5 Å². The quantitative estimate of drug-likeness (QED) is 0.886. The Hall–Kier alpha value is -0.640. The van der Waals surface area contributed by atoms with E-state index in [0.29, 0.717) is 0 Å². The predicted octanol–water partition coefficient (Wildman–Crippen LogP) is 2.31. The molecule has 2 heterocycles. The van der Waals surface area contributed by atoms with Crippen LogP contribution in [0, 0.1) is 5.92 Å². The van der Waals surface area contributed by atoms with Gasteiger partial charge in [-0.1, -0.05) is 11.6 Å². The van der Waals surface area contributed by atoms with Gasteiger partial charge in [0.2, 0.25) is 0 Å². The minimum Gasteiger partial charge on any atom is -0.312 e. The van der Waals surface area contributed by atoms with Gasteiger partial charge in [0.1, 0.15) is 0 Å². The van der Waals surface area contributed by atoms with Gasteiger partial charge in [0, 0.05) is 31.5 Å². The van der Waals surface area contributed by atoms with Gasteiger partial charge in [-0.3, -0.25) is 4.98 Å². The van der Waals surface area contributed by atoms with E-state index in [4.69, 9.17) is 11.6 Å². The lowest BCUT2D eigenvalue weighted by atomic mass is 10.1. The van der Waals surface area contributed by atoms with E-state index in [1.165, 1.54) is 32.4 Å². The van der Waals surface area contributed by atoms with E-state index >= 15 is 0 Å². The second-order valence-corrected chi connectivity index (χ2v) is 5.89. The molecule has 1 unspecified atom stereocenters. The van der Waals surface area contributed by atoms with Gasteiger partial charge in [-0.2, -0.15) is 0 Å². The molecule has 1 aliphatic heterocycles. The molecule has 1 aromatic rings. The minimum absolute atomic E-state index is 0.760. The number of hydrogen-bond donors (Lipinski definition) is 1. The molecule has 2 fully saturated rings. The lowest BCUT2D eigenvalue weighted by Gasteiger charge is -2.15. The van der Waals surface area contributed by atoms with E-state index in [1.54, 1.807) is 12.4 Å². The van der Waals surface area contributed by atoms with Crippen LogP contribution in [0.5, 0.6) is 0 Å². The Labute approximate surface area is 114 Å². The van der Waals surface area contributed by atoms with Gasteiger partial charge in [-0.15, -0.1) is 0 Å². The van der Waals surface area contributed by atoms with Crippen LogP contribution in [-0.2, 0) is 6.54 Å². The van der Waals surface area contributed by atoms with Gasteiger partial charge in [0.25, 0.3) is 0 Å². The topological polar surface area (TPSA) is 28.2 Å². The second kappa shape index (κ2) is 5.55. The highest BCUT2D eigenvalue weighted by Crippen LogP contribution is 2.31. The van der Waals surface area contributed by atoms with Crippen molar-refractivity contribution in [3.63, 3.8) is 0 Å². The van der Waals surface area contributed by atoms with Crippen LogP contribution in [0.1, 0.15) is 24.8 Å². The Bertz CT molecular complexity index is 406. The van der Waals surface area contributed by atoms with Crippen LogP contribution in [0.2, 0.25) is 5.02 Å². The molecule has 18 heavy (non-hydrogen) atoms. The summed E-state index contributed by atoms with van der Waals surface area (Å²) < 4.78 is 0. The monoisotopic (exact) mass is 265 g/mol. The lowest BCUT2D eigenvalue weighted by Crippen LogP contribution is -2.27. The third-order valence-corrected chi connectivity index (χ3v) is 4.33. The van der Waals surface area contributed by atoms with E-state index in [9.17, 15) is 0 Å². The van der Waals surface area contributed by atoms with E-state index in [1.807, 2.05) is 6.07 Å². The van der Waals surface area contributed by atoms with Crippen molar-refractivity contribution in [1.29, 1.82) is 0 Å². The third-order valence-electron chi connectivity index (χ3n) is 3.99. The Balaban J connectivity index is 1.41. The van der Waals surface area contributed by atoms with Crippen molar-refractivity contribution in [2.45, 2.75) is 31.8 Å². The molecular formula is C14H20ClN3. The Morgan fingerprint density at radius 1 is 1.39 bits per heavy atom. The number of aromatic nitrogens is 1. The molecule has 1 N–H and O–H groups in total. The molecule has 0 spiro atoms. The molecular weight excluding hydrogens is 246 g/mol. The van der Waals surface area contributed by atoms with Gasteiger partial charge in [0.15, 0.2) is 0 Å². The Morgan fingerprint density at radius 2 is 2.28 bits per heavy atom. The lowest BCUT2D eigenvalue weighted by molar-refractivity contribution is 0.312. The average Bonchev–Trinajstić information content (AvgIpc) is 3.12. The summed E-state index contributed by atoms with van der Waals surface area (Å²) in [5.74, 6) is 0.811.